The van der Waals surface area contributed by atoms with E-state index in [2.05, 4.69) is 24.5 Å². The first-order valence-corrected chi connectivity index (χ1v) is 13.0. The van der Waals surface area contributed by atoms with Gasteiger partial charge in [-0.15, -0.1) is 0 Å². The molecule has 1 atom stereocenters. The summed E-state index contributed by atoms with van der Waals surface area (Å²) < 4.78 is 6.00. The van der Waals surface area contributed by atoms with Crippen LogP contribution in [0.15, 0.2) is 48.5 Å². The van der Waals surface area contributed by atoms with E-state index in [1.165, 1.54) is 0 Å². The lowest BCUT2D eigenvalue weighted by atomic mass is 10.0. The van der Waals surface area contributed by atoms with Crippen LogP contribution in [0.3, 0.4) is 0 Å². The van der Waals surface area contributed by atoms with Gasteiger partial charge in [0.15, 0.2) is 0 Å². The summed E-state index contributed by atoms with van der Waals surface area (Å²) in [5.74, 6) is 0.214. The van der Waals surface area contributed by atoms with E-state index in [1.807, 2.05) is 30.3 Å². The lowest BCUT2D eigenvalue weighted by Gasteiger charge is -2.25. The molecule has 0 spiro atoms. The Kier molecular flexibility index (Phi) is 10.6. The van der Waals surface area contributed by atoms with E-state index in [9.17, 15) is 14.4 Å². The van der Waals surface area contributed by atoms with Crippen molar-refractivity contribution >= 4 is 29.3 Å². The van der Waals surface area contributed by atoms with Crippen LogP contribution < -0.4 is 15.4 Å². The van der Waals surface area contributed by atoms with Gasteiger partial charge in [-0.1, -0.05) is 55.8 Å². The molecule has 1 heterocycles. The van der Waals surface area contributed by atoms with E-state index in [0.29, 0.717) is 67.4 Å². The maximum Gasteiger partial charge on any atom is 0.255 e. The quantitative estimate of drug-likeness (QED) is 0.626. The second-order valence-electron chi connectivity index (χ2n) is 9.61. The van der Waals surface area contributed by atoms with Gasteiger partial charge in [0.2, 0.25) is 11.8 Å². The summed E-state index contributed by atoms with van der Waals surface area (Å²) in [4.78, 5) is 40.5. The number of rotatable bonds is 5. The zero-order chi connectivity index (χ0) is 25.9. The number of amides is 3. The Bertz CT molecular complexity index is 1030. The summed E-state index contributed by atoms with van der Waals surface area (Å²) in [6, 6.07) is 14.5. The minimum atomic E-state index is -0.268. The number of aryl methyl sites for hydroxylation is 1. The minimum absolute atomic E-state index is 0.000766. The van der Waals surface area contributed by atoms with Gasteiger partial charge in [0.1, 0.15) is 12.4 Å². The highest BCUT2D eigenvalue weighted by atomic mass is 35.5. The zero-order valence-electron chi connectivity index (χ0n) is 21.1. The first-order valence-electron chi connectivity index (χ1n) is 12.6. The molecule has 7 nitrogen and oxygen atoms in total. The summed E-state index contributed by atoms with van der Waals surface area (Å²) in [6.07, 6.45) is 2.99. The van der Waals surface area contributed by atoms with E-state index in [4.69, 9.17) is 16.3 Å². The molecule has 36 heavy (non-hydrogen) atoms. The number of carbonyl (C=O) groups excluding carboxylic acids is 3. The molecule has 3 rings (SSSR count). The lowest BCUT2D eigenvalue weighted by molar-refractivity contribution is -0.136. The Morgan fingerprint density at radius 1 is 1.14 bits per heavy atom. The van der Waals surface area contributed by atoms with Crippen LogP contribution in [-0.2, 0) is 16.0 Å². The summed E-state index contributed by atoms with van der Waals surface area (Å²) in [5.41, 5.74) is 1.45. The second kappa shape index (κ2) is 13.9. The number of fused-ring (bicyclic) bond motifs is 1. The molecular weight excluding hydrogens is 478 g/mol. The van der Waals surface area contributed by atoms with Crippen molar-refractivity contribution in [2.24, 2.45) is 5.92 Å². The Morgan fingerprint density at radius 3 is 2.67 bits per heavy atom. The van der Waals surface area contributed by atoms with Crippen molar-refractivity contribution in [1.82, 2.24) is 15.5 Å². The molecule has 0 aromatic heterocycles. The smallest absolute Gasteiger partial charge is 0.255 e. The Labute approximate surface area is 218 Å². The average molecular weight is 514 g/mol. The molecule has 2 N–H and O–H groups in total. The van der Waals surface area contributed by atoms with Crippen LogP contribution in [0.5, 0.6) is 5.75 Å². The van der Waals surface area contributed by atoms with Crippen LogP contribution in [-0.4, -0.2) is 54.9 Å². The number of nitrogens with one attached hydrogen (secondary N) is 2. The second-order valence-corrected chi connectivity index (χ2v) is 10.0. The van der Waals surface area contributed by atoms with E-state index >= 15 is 0 Å². The minimum Gasteiger partial charge on any atom is -0.491 e. The molecule has 0 fully saturated rings. The summed E-state index contributed by atoms with van der Waals surface area (Å²) in [7, 11) is 0. The fourth-order valence-electron chi connectivity index (χ4n) is 4.25. The lowest BCUT2D eigenvalue weighted by Crippen LogP contribution is -2.46. The first-order chi connectivity index (χ1) is 17.3. The monoisotopic (exact) mass is 513 g/mol. The highest BCUT2D eigenvalue weighted by Gasteiger charge is 2.22. The third-order valence-corrected chi connectivity index (χ3v) is 6.28. The molecule has 8 heteroatoms. The molecule has 0 aliphatic carbocycles. The van der Waals surface area contributed by atoms with Crippen molar-refractivity contribution in [3.05, 3.63) is 64.7 Å². The molecule has 1 aliphatic heterocycles. The number of nitrogens with zero attached hydrogens (tertiary/aromatic N) is 1. The Hall–Kier alpha value is -3.06. The first kappa shape index (κ1) is 27.5. The molecule has 0 unspecified atom stereocenters. The predicted octanol–water partition coefficient (Wildman–Crippen LogP) is 4.23. The van der Waals surface area contributed by atoms with Crippen LogP contribution in [0.4, 0.5) is 0 Å². The van der Waals surface area contributed by atoms with Crippen molar-refractivity contribution in [2.45, 2.75) is 52.0 Å². The number of hydrogen-bond acceptors (Lipinski definition) is 4. The van der Waals surface area contributed by atoms with Gasteiger partial charge in [0.25, 0.3) is 5.91 Å². The third-order valence-electron chi connectivity index (χ3n) is 6.05. The van der Waals surface area contributed by atoms with Crippen molar-refractivity contribution in [3.8, 4) is 5.75 Å². The molecule has 1 aliphatic rings. The molecule has 0 bridgehead atoms. The number of benzene rings is 2. The fourth-order valence-corrected chi connectivity index (χ4v) is 4.42. The molecule has 2 aromatic rings. The van der Waals surface area contributed by atoms with Crippen LogP contribution in [0.25, 0.3) is 0 Å². The van der Waals surface area contributed by atoms with Crippen molar-refractivity contribution in [2.75, 3.05) is 26.2 Å². The normalized spacial score (nSPS) is 17.8. The SMILES string of the molecule is CC(C)C[C@@H]1COc2ccc(Cl)cc2C(=O)NCCCCN(C(=O)CCc2ccccc2)CC(=O)N1. The van der Waals surface area contributed by atoms with Gasteiger partial charge < -0.3 is 20.3 Å². The van der Waals surface area contributed by atoms with Gasteiger partial charge in [0.05, 0.1) is 18.2 Å². The average Bonchev–Trinajstić information content (AvgIpc) is 2.85. The van der Waals surface area contributed by atoms with Crippen LogP contribution in [0.1, 0.15) is 55.5 Å². The van der Waals surface area contributed by atoms with Crippen LogP contribution >= 0.6 is 11.6 Å². The molecule has 194 valence electrons. The molecule has 0 radical (unpaired) electrons. The van der Waals surface area contributed by atoms with E-state index in [0.717, 1.165) is 5.56 Å². The highest BCUT2D eigenvalue weighted by molar-refractivity contribution is 6.31. The van der Waals surface area contributed by atoms with Crippen molar-refractivity contribution < 1.29 is 19.1 Å². The van der Waals surface area contributed by atoms with Gasteiger partial charge in [-0.3, -0.25) is 14.4 Å². The molecule has 0 saturated carbocycles. The van der Waals surface area contributed by atoms with E-state index in [-0.39, 0.29) is 36.9 Å². The van der Waals surface area contributed by atoms with Crippen LogP contribution in [0.2, 0.25) is 5.02 Å². The third kappa shape index (κ3) is 8.86. The fraction of sp³-hybridized carbons (Fsp3) is 0.464. The van der Waals surface area contributed by atoms with Gasteiger partial charge in [0, 0.05) is 24.5 Å². The van der Waals surface area contributed by atoms with Crippen molar-refractivity contribution in [1.29, 1.82) is 0 Å². The standard InChI is InChI=1S/C28H36ClN3O4/c1-20(2)16-23-19-36-25-12-11-22(29)17-24(25)28(35)30-14-6-7-15-32(18-26(33)31-23)27(34)13-10-21-8-4-3-5-9-21/h3-5,8-9,11-12,17,20,23H,6-7,10,13-16,18-19H2,1-2H3,(H,30,35)(H,31,33)/t23-/m1/s1. The van der Waals surface area contributed by atoms with Gasteiger partial charge in [-0.2, -0.15) is 0 Å². The maximum atomic E-state index is 13.0. The molecule has 0 saturated heterocycles. The maximum absolute atomic E-state index is 13.0. The highest BCUT2D eigenvalue weighted by Crippen LogP contribution is 2.24. The summed E-state index contributed by atoms with van der Waals surface area (Å²) >= 11 is 6.13. The van der Waals surface area contributed by atoms with Crippen LogP contribution in [0, 0.1) is 5.92 Å². The van der Waals surface area contributed by atoms with E-state index in [1.54, 1.807) is 23.1 Å². The number of halogens is 1. The Morgan fingerprint density at radius 2 is 1.92 bits per heavy atom. The number of ether oxygens (including phenoxy) is 1. The largest absolute Gasteiger partial charge is 0.491 e. The summed E-state index contributed by atoms with van der Waals surface area (Å²) in [6.45, 7) is 5.24. The van der Waals surface area contributed by atoms with Gasteiger partial charge in [-0.25, -0.2) is 0 Å². The number of carbonyl (C=O) groups is 3. The van der Waals surface area contributed by atoms with Gasteiger partial charge in [-0.05, 0) is 55.4 Å². The van der Waals surface area contributed by atoms with Gasteiger partial charge >= 0.3 is 0 Å². The van der Waals surface area contributed by atoms with E-state index < -0.39 is 0 Å². The Balaban J connectivity index is 1.73. The predicted molar refractivity (Wildman–Crippen MR) is 141 cm³/mol. The summed E-state index contributed by atoms with van der Waals surface area (Å²) in [5, 5.41) is 6.41. The molecular formula is C28H36ClN3O4. The topological polar surface area (TPSA) is 87.7 Å². The molecule has 2 aromatic carbocycles. The zero-order valence-corrected chi connectivity index (χ0v) is 21.9. The molecule has 3 amide bonds. The van der Waals surface area contributed by atoms with Crippen molar-refractivity contribution in [3.63, 3.8) is 0 Å². The number of hydrogen-bond donors (Lipinski definition) is 2.